The zero-order chi connectivity index (χ0) is 14.8. The second-order valence-corrected chi connectivity index (χ2v) is 7.44. The van der Waals surface area contributed by atoms with Crippen molar-refractivity contribution < 1.29 is 13.5 Å². The van der Waals surface area contributed by atoms with Crippen LogP contribution in [0.15, 0.2) is 21.5 Å². The molecule has 8 heteroatoms. The van der Waals surface area contributed by atoms with Crippen molar-refractivity contribution in [2.75, 3.05) is 12.3 Å². The van der Waals surface area contributed by atoms with E-state index in [4.69, 9.17) is 17.3 Å². The van der Waals surface area contributed by atoms with E-state index >= 15 is 0 Å². The molecule has 0 saturated carbocycles. The average Bonchev–Trinajstić information content (AvgIpc) is 2.30. The first-order chi connectivity index (χ1) is 8.65. The lowest BCUT2D eigenvalue weighted by atomic mass is 10.1. The maximum Gasteiger partial charge on any atom is 0.241 e. The Hall–Kier alpha value is -0.340. The van der Waals surface area contributed by atoms with Gasteiger partial charge >= 0.3 is 0 Å². The van der Waals surface area contributed by atoms with Gasteiger partial charge in [-0.05, 0) is 34.0 Å². The van der Waals surface area contributed by atoms with Crippen LogP contribution in [0.3, 0.4) is 0 Å². The largest absolute Gasteiger partial charge is 0.398 e. The van der Waals surface area contributed by atoms with Gasteiger partial charge in [0.05, 0.1) is 15.5 Å². The van der Waals surface area contributed by atoms with E-state index in [1.807, 2.05) is 0 Å². The van der Waals surface area contributed by atoms with Gasteiger partial charge in [0.25, 0.3) is 0 Å². The molecule has 0 saturated heterocycles. The van der Waals surface area contributed by atoms with E-state index in [1.165, 1.54) is 12.1 Å². The summed E-state index contributed by atoms with van der Waals surface area (Å²) in [6, 6.07) is 2.75. The number of benzene rings is 1. The zero-order valence-corrected chi connectivity index (χ0v) is 13.7. The minimum absolute atomic E-state index is 0.0458. The van der Waals surface area contributed by atoms with Crippen LogP contribution in [0.5, 0.6) is 0 Å². The molecule has 1 atom stereocenters. The van der Waals surface area contributed by atoms with Crippen LogP contribution >= 0.6 is 27.5 Å². The summed E-state index contributed by atoms with van der Waals surface area (Å²) in [7, 11) is -3.79. The highest BCUT2D eigenvalue weighted by atomic mass is 79.9. The Morgan fingerprint density at radius 2 is 2.05 bits per heavy atom. The van der Waals surface area contributed by atoms with Crippen molar-refractivity contribution in [2.24, 2.45) is 5.92 Å². The van der Waals surface area contributed by atoms with Crippen LogP contribution < -0.4 is 10.5 Å². The molecule has 1 aromatic rings. The lowest BCUT2D eigenvalue weighted by Gasteiger charge is -2.16. The summed E-state index contributed by atoms with van der Waals surface area (Å²) in [5, 5.41) is 9.85. The summed E-state index contributed by atoms with van der Waals surface area (Å²) in [5.41, 5.74) is 5.88. The molecule has 0 heterocycles. The highest BCUT2D eigenvalue weighted by Gasteiger charge is 2.21. The second-order valence-electron chi connectivity index (χ2n) is 4.47. The van der Waals surface area contributed by atoms with Crippen LogP contribution in [0, 0.1) is 5.92 Å². The van der Waals surface area contributed by atoms with Gasteiger partial charge in [-0.3, -0.25) is 0 Å². The van der Waals surface area contributed by atoms with Crippen molar-refractivity contribution in [1.82, 2.24) is 4.72 Å². The Bertz CT molecular complexity index is 563. The molecule has 19 heavy (non-hydrogen) atoms. The molecular formula is C11H16BrClN2O3S. The van der Waals surface area contributed by atoms with Gasteiger partial charge in [-0.15, -0.1) is 0 Å². The van der Waals surface area contributed by atoms with Crippen LogP contribution in [-0.4, -0.2) is 26.2 Å². The minimum atomic E-state index is -3.79. The third-order valence-electron chi connectivity index (χ3n) is 2.57. The number of rotatable bonds is 5. The number of nitrogens with two attached hydrogens (primary N) is 1. The van der Waals surface area contributed by atoms with E-state index in [0.717, 1.165) is 0 Å². The normalized spacial score (nSPS) is 13.8. The van der Waals surface area contributed by atoms with E-state index in [2.05, 4.69) is 20.7 Å². The van der Waals surface area contributed by atoms with Crippen LogP contribution in [0.1, 0.15) is 13.8 Å². The van der Waals surface area contributed by atoms with E-state index in [0.29, 0.717) is 0 Å². The number of aliphatic hydroxyl groups excluding tert-OH is 1. The summed E-state index contributed by atoms with van der Waals surface area (Å²) in [5.74, 6) is -0.0458. The molecule has 0 fully saturated rings. The Kier molecular flexibility index (Phi) is 5.64. The first-order valence-corrected chi connectivity index (χ1v) is 8.23. The molecule has 0 radical (unpaired) electrons. The average molecular weight is 372 g/mol. The molecule has 0 aliphatic carbocycles. The Morgan fingerprint density at radius 1 is 1.47 bits per heavy atom. The van der Waals surface area contributed by atoms with Gasteiger partial charge in [0.2, 0.25) is 10.0 Å². The van der Waals surface area contributed by atoms with E-state index in [-0.39, 0.29) is 32.5 Å². The van der Waals surface area contributed by atoms with E-state index in [1.54, 1.807) is 13.8 Å². The summed E-state index contributed by atoms with van der Waals surface area (Å²) in [4.78, 5) is -0.0477. The van der Waals surface area contributed by atoms with Gasteiger partial charge in [-0.1, -0.05) is 25.4 Å². The van der Waals surface area contributed by atoms with Crippen LogP contribution in [0.4, 0.5) is 5.69 Å². The molecule has 0 aromatic heterocycles. The van der Waals surface area contributed by atoms with Crippen molar-refractivity contribution in [3.05, 3.63) is 21.6 Å². The topological polar surface area (TPSA) is 92.4 Å². The molecule has 0 aliphatic heterocycles. The summed E-state index contributed by atoms with van der Waals surface area (Å²) in [6.45, 7) is 3.53. The molecular weight excluding hydrogens is 356 g/mol. The van der Waals surface area contributed by atoms with Gasteiger partial charge in [-0.25, -0.2) is 13.1 Å². The van der Waals surface area contributed by atoms with Crippen LogP contribution in [0.2, 0.25) is 5.02 Å². The number of hydrogen-bond donors (Lipinski definition) is 3. The van der Waals surface area contributed by atoms with Gasteiger partial charge in [0.1, 0.15) is 0 Å². The zero-order valence-electron chi connectivity index (χ0n) is 10.5. The fourth-order valence-electron chi connectivity index (χ4n) is 1.29. The molecule has 1 unspecified atom stereocenters. The maximum absolute atomic E-state index is 12.1. The number of nitrogen functional groups attached to an aromatic ring is 1. The first-order valence-electron chi connectivity index (χ1n) is 5.57. The highest BCUT2D eigenvalue weighted by molar-refractivity contribution is 9.10. The summed E-state index contributed by atoms with van der Waals surface area (Å²) < 4.78 is 26.8. The van der Waals surface area contributed by atoms with Gasteiger partial charge < -0.3 is 10.8 Å². The van der Waals surface area contributed by atoms with E-state index < -0.39 is 16.1 Å². The molecule has 0 spiro atoms. The van der Waals surface area contributed by atoms with Gasteiger partial charge in [0.15, 0.2) is 0 Å². The molecule has 1 aromatic carbocycles. The third kappa shape index (κ3) is 4.32. The second kappa shape index (κ2) is 6.41. The predicted octanol–water partition coefficient (Wildman–Crippen LogP) is 1.98. The summed E-state index contributed by atoms with van der Waals surface area (Å²) >= 11 is 8.92. The van der Waals surface area contributed by atoms with Crippen LogP contribution in [0.25, 0.3) is 0 Å². The standard InChI is InChI=1S/C11H16BrClN2O3S/c1-6(2)9(16)5-15-19(17,18)10-4-7(13)3-8(14)11(10)12/h3-4,6,9,15-16H,5,14H2,1-2H3. The number of nitrogens with one attached hydrogen (secondary N) is 1. The lowest BCUT2D eigenvalue weighted by Crippen LogP contribution is -2.34. The fourth-order valence-corrected chi connectivity index (χ4v) is 3.63. The molecule has 0 bridgehead atoms. The van der Waals surface area contributed by atoms with Crippen molar-refractivity contribution in [2.45, 2.75) is 24.8 Å². The number of anilines is 1. The maximum atomic E-state index is 12.1. The minimum Gasteiger partial charge on any atom is -0.398 e. The van der Waals surface area contributed by atoms with Crippen molar-refractivity contribution in [3.63, 3.8) is 0 Å². The Balaban J connectivity index is 3.01. The smallest absolute Gasteiger partial charge is 0.241 e. The van der Waals surface area contributed by atoms with Crippen molar-refractivity contribution in [3.8, 4) is 0 Å². The number of sulfonamides is 1. The summed E-state index contributed by atoms with van der Waals surface area (Å²) in [6.07, 6.45) is -0.759. The molecule has 0 aliphatic rings. The SMILES string of the molecule is CC(C)C(O)CNS(=O)(=O)c1cc(Cl)cc(N)c1Br. The highest BCUT2D eigenvalue weighted by Crippen LogP contribution is 2.31. The third-order valence-corrected chi connectivity index (χ3v) is 5.39. The van der Waals surface area contributed by atoms with Gasteiger partial charge in [0, 0.05) is 17.3 Å². The Labute approximate surface area is 126 Å². The quantitative estimate of drug-likeness (QED) is 0.690. The monoisotopic (exact) mass is 370 g/mol. The van der Waals surface area contributed by atoms with Crippen molar-refractivity contribution >= 4 is 43.2 Å². The predicted molar refractivity (Wildman–Crippen MR) is 79.6 cm³/mol. The van der Waals surface area contributed by atoms with E-state index in [9.17, 15) is 13.5 Å². The first kappa shape index (κ1) is 16.7. The molecule has 0 amide bonds. The lowest BCUT2D eigenvalue weighted by molar-refractivity contribution is 0.129. The van der Waals surface area contributed by atoms with Crippen molar-refractivity contribution in [1.29, 1.82) is 0 Å². The van der Waals surface area contributed by atoms with Crippen LogP contribution in [-0.2, 0) is 10.0 Å². The molecule has 4 N–H and O–H groups in total. The molecule has 1 rings (SSSR count). The van der Waals surface area contributed by atoms with Gasteiger partial charge in [-0.2, -0.15) is 0 Å². The fraction of sp³-hybridized carbons (Fsp3) is 0.455. The number of halogens is 2. The molecule has 108 valence electrons. The number of hydrogen-bond acceptors (Lipinski definition) is 4. The number of aliphatic hydroxyl groups is 1. The molecule has 5 nitrogen and oxygen atoms in total. The Morgan fingerprint density at radius 3 is 2.58 bits per heavy atom.